The number of hydrogen-bond acceptors (Lipinski definition) is 5. The first kappa shape index (κ1) is 13.5. The van der Waals surface area contributed by atoms with E-state index >= 15 is 0 Å². The number of benzene rings is 1. The number of esters is 2. The molecule has 0 aliphatic carbocycles. The molecule has 1 aromatic rings. The highest BCUT2D eigenvalue weighted by Crippen LogP contribution is 2.11. The van der Waals surface area contributed by atoms with E-state index in [1.807, 2.05) is 6.07 Å². The minimum absolute atomic E-state index is 0.204. The Bertz CT molecular complexity index is 505. The predicted molar refractivity (Wildman–Crippen MR) is 63.2 cm³/mol. The summed E-state index contributed by atoms with van der Waals surface area (Å²) in [6.45, 7) is 0. The molecule has 0 heterocycles. The van der Waals surface area contributed by atoms with Gasteiger partial charge < -0.3 is 9.47 Å². The first-order chi connectivity index (χ1) is 8.62. The minimum atomic E-state index is -0.772. The van der Waals surface area contributed by atoms with Gasteiger partial charge in [-0.15, -0.1) is 0 Å². The Morgan fingerprint density at radius 2 is 1.61 bits per heavy atom. The molecule has 5 nitrogen and oxygen atoms in total. The van der Waals surface area contributed by atoms with Gasteiger partial charge in [-0.1, -0.05) is 12.1 Å². The van der Waals surface area contributed by atoms with Gasteiger partial charge in [0.05, 0.1) is 25.9 Å². The van der Waals surface area contributed by atoms with E-state index in [4.69, 9.17) is 5.26 Å². The van der Waals surface area contributed by atoms with Gasteiger partial charge in [-0.2, -0.15) is 5.26 Å². The molecule has 1 rings (SSSR count). The lowest BCUT2D eigenvalue weighted by Gasteiger charge is -2.03. The van der Waals surface area contributed by atoms with Gasteiger partial charge in [-0.3, -0.25) is 0 Å². The molecule has 1 aromatic carbocycles. The van der Waals surface area contributed by atoms with Crippen molar-refractivity contribution >= 4 is 18.0 Å². The van der Waals surface area contributed by atoms with Gasteiger partial charge in [0, 0.05) is 0 Å². The van der Waals surface area contributed by atoms with E-state index in [0.717, 1.165) is 0 Å². The van der Waals surface area contributed by atoms with Gasteiger partial charge in [-0.05, 0) is 23.8 Å². The van der Waals surface area contributed by atoms with Gasteiger partial charge in [0.1, 0.15) is 5.57 Å². The van der Waals surface area contributed by atoms with Crippen molar-refractivity contribution in [3.63, 3.8) is 0 Å². The Labute approximate surface area is 104 Å². The number of nitriles is 1. The molecule has 5 heteroatoms. The average molecular weight is 245 g/mol. The van der Waals surface area contributed by atoms with E-state index in [-0.39, 0.29) is 5.57 Å². The molecule has 0 atom stereocenters. The van der Waals surface area contributed by atoms with Gasteiger partial charge in [0.2, 0.25) is 0 Å². The molecular weight excluding hydrogens is 234 g/mol. The summed E-state index contributed by atoms with van der Waals surface area (Å²) in [6.07, 6.45) is 1.35. The summed E-state index contributed by atoms with van der Waals surface area (Å²) in [5, 5.41) is 8.65. The molecular formula is C13H11NO4. The van der Waals surface area contributed by atoms with Gasteiger partial charge in [0.25, 0.3) is 0 Å². The number of rotatable bonds is 3. The molecule has 0 saturated heterocycles. The van der Waals surface area contributed by atoms with E-state index in [9.17, 15) is 9.59 Å². The fraction of sp³-hybridized carbons (Fsp3) is 0.154. The van der Waals surface area contributed by atoms with Crippen LogP contribution >= 0.6 is 0 Å². The monoisotopic (exact) mass is 245 g/mol. The fourth-order valence-electron chi connectivity index (χ4n) is 1.24. The van der Waals surface area contributed by atoms with Crippen LogP contribution in [0.2, 0.25) is 0 Å². The third-order valence-corrected chi connectivity index (χ3v) is 2.16. The van der Waals surface area contributed by atoms with E-state index in [0.29, 0.717) is 11.1 Å². The van der Waals surface area contributed by atoms with Gasteiger partial charge in [0.15, 0.2) is 0 Å². The van der Waals surface area contributed by atoms with Crippen LogP contribution in [0.1, 0.15) is 11.1 Å². The largest absolute Gasteiger partial charge is 0.465 e. The first-order valence-electron chi connectivity index (χ1n) is 5.01. The topological polar surface area (TPSA) is 76.4 Å². The number of carbonyl (C=O) groups is 2. The smallest absolute Gasteiger partial charge is 0.345 e. The third-order valence-electron chi connectivity index (χ3n) is 2.16. The second-order valence-electron chi connectivity index (χ2n) is 3.27. The van der Waals surface area contributed by atoms with E-state index in [1.54, 1.807) is 24.3 Å². The molecule has 0 N–H and O–H groups in total. The van der Waals surface area contributed by atoms with Crippen molar-refractivity contribution in [3.05, 3.63) is 41.0 Å². The highest BCUT2D eigenvalue weighted by Gasteiger charge is 2.19. The maximum atomic E-state index is 11.4. The van der Waals surface area contributed by atoms with Crippen LogP contribution in [-0.4, -0.2) is 26.2 Å². The van der Waals surface area contributed by atoms with Crippen LogP contribution < -0.4 is 0 Å². The second-order valence-corrected chi connectivity index (χ2v) is 3.27. The molecule has 0 spiro atoms. The molecule has 0 fully saturated rings. The highest BCUT2D eigenvalue weighted by molar-refractivity contribution is 6.17. The second kappa shape index (κ2) is 6.21. The number of ether oxygens (including phenoxy) is 2. The fourth-order valence-corrected chi connectivity index (χ4v) is 1.24. The average Bonchev–Trinajstić information content (AvgIpc) is 2.43. The SMILES string of the molecule is COC(=O)C(=Cc1ccc(C#N)cc1)C(=O)OC. The zero-order valence-electron chi connectivity index (χ0n) is 9.97. The molecule has 0 radical (unpaired) electrons. The summed E-state index contributed by atoms with van der Waals surface area (Å²) < 4.78 is 8.98. The summed E-state index contributed by atoms with van der Waals surface area (Å²) in [5.41, 5.74) is 0.884. The molecule has 18 heavy (non-hydrogen) atoms. The Morgan fingerprint density at radius 3 is 2.00 bits per heavy atom. The van der Waals surface area contributed by atoms with Crippen molar-refractivity contribution in [2.45, 2.75) is 0 Å². The Balaban J connectivity index is 3.11. The van der Waals surface area contributed by atoms with Gasteiger partial charge in [-0.25, -0.2) is 9.59 Å². The molecule has 0 aliphatic heterocycles. The van der Waals surface area contributed by atoms with Gasteiger partial charge >= 0.3 is 11.9 Å². The summed E-state index contributed by atoms with van der Waals surface area (Å²) >= 11 is 0. The number of hydrogen-bond donors (Lipinski definition) is 0. The van der Waals surface area contributed by atoms with Crippen LogP contribution in [0, 0.1) is 11.3 Å². The third kappa shape index (κ3) is 3.19. The quantitative estimate of drug-likeness (QED) is 0.347. The van der Waals surface area contributed by atoms with Crippen molar-refractivity contribution in [3.8, 4) is 6.07 Å². The van der Waals surface area contributed by atoms with Crippen LogP contribution in [0.3, 0.4) is 0 Å². The summed E-state index contributed by atoms with van der Waals surface area (Å²) in [6, 6.07) is 8.37. The Hall–Kier alpha value is -2.61. The van der Waals surface area contributed by atoms with Crippen LogP contribution in [0.5, 0.6) is 0 Å². The lowest BCUT2D eigenvalue weighted by molar-refractivity contribution is -0.143. The zero-order valence-corrected chi connectivity index (χ0v) is 9.97. The highest BCUT2D eigenvalue weighted by atomic mass is 16.5. The summed E-state index contributed by atoms with van der Waals surface area (Å²) in [5.74, 6) is -1.54. The number of carbonyl (C=O) groups excluding carboxylic acids is 2. The normalized spacial score (nSPS) is 8.94. The summed E-state index contributed by atoms with van der Waals surface area (Å²) in [7, 11) is 2.36. The first-order valence-corrected chi connectivity index (χ1v) is 5.01. The maximum absolute atomic E-state index is 11.4. The molecule has 0 saturated carbocycles. The van der Waals surface area contributed by atoms with Crippen LogP contribution in [0.4, 0.5) is 0 Å². The lowest BCUT2D eigenvalue weighted by atomic mass is 10.1. The molecule has 0 unspecified atom stereocenters. The lowest BCUT2D eigenvalue weighted by Crippen LogP contribution is -2.15. The molecule has 0 aromatic heterocycles. The molecule has 0 bridgehead atoms. The van der Waals surface area contributed by atoms with Crippen molar-refractivity contribution in [1.29, 1.82) is 5.26 Å². The standard InChI is InChI=1S/C13H11NO4/c1-17-12(15)11(13(16)18-2)7-9-3-5-10(8-14)6-4-9/h3-7H,1-2H3. The van der Waals surface area contributed by atoms with E-state index < -0.39 is 11.9 Å². The number of nitrogens with zero attached hydrogens (tertiary/aromatic N) is 1. The van der Waals surface area contributed by atoms with Crippen LogP contribution in [0.25, 0.3) is 6.08 Å². The Morgan fingerprint density at radius 1 is 1.11 bits per heavy atom. The summed E-state index contributed by atoms with van der Waals surface area (Å²) in [4.78, 5) is 22.8. The van der Waals surface area contributed by atoms with Crippen molar-refractivity contribution < 1.29 is 19.1 Å². The molecule has 92 valence electrons. The number of methoxy groups -OCH3 is 2. The van der Waals surface area contributed by atoms with Crippen LogP contribution in [-0.2, 0) is 19.1 Å². The predicted octanol–water partition coefficient (Wildman–Crippen LogP) is 1.29. The minimum Gasteiger partial charge on any atom is -0.465 e. The van der Waals surface area contributed by atoms with Crippen molar-refractivity contribution in [2.24, 2.45) is 0 Å². The van der Waals surface area contributed by atoms with Crippen molar-refractivity contribution in [2.75, 3.05) is 14.2 Å². The van der Waals surface area contributed by atoms with Crippen molar-refractivity contribution in [1.82, 2.24) is 0 Å². The molecule has 0 aliphatic rings. The molecule has 0 amide bonds. The maximum Gasteiger partial charge on any atom is 0.345 e. The van der Waals surface area contributed by atoms with E-state index in [1.165, 1.54) is 20.3 Å². The van der Waals surface area contributed by atoms with E-state index in [2.05, 4.69) is 9.47 Å². The zero-order chi connectivity index (χ0) is 13.5. The Kier molecular flexibility index (Phi) is 4.64. The van der Waals surface area contributed by atoms with Crippen LogP contribution in [0.15, 0.2) is 29.8 Å².